The summed E-state index contributed by atoms with van der Waals surface area (Å²) in [5.41, 5.74) is -1.30. The van der Waals surface area contributed by atoms with Gasteiger partial charge in [0, 0.05) is 17.5 Å². The van der Waals surface area contributed by atoms with Gasteiger partial charge in [0.15, 0.2) is 6.61 Å². The van der Waals surface area contributed by atoms with Gasteiger partial charge in [-0.15, -0.1) is 0 Å². The van der Waals surface area contributed by atoms with Crippen LogP contribution < -0.4 is 14.8 Å². The van der Waals surface area contributed by atoms with Crippen molar-refractivity contribution < 1.29 is 42.5 Å². The molecule has 5 rings (SSSR count). The zero-order chi connectivity index (χ0) is 28.2. The van der Waals surface area contributed by atoms with Gasteiger partial charge in [-0.05, 0) is 56.4 Å². The summed E-state index contributed by atoms with van der Waals surface area (Å²) < 4.78 is 44.6. The molecule has 1 atom stereocenters. The second kappa shape index (κ2) is 12.0. The fourth-order valence-electron chi connectivity index (χ4n) is 5.16. The van der Waals surface area contributed by atoms with Gasteiger partial charge in [-0.1, -0.05) is 23.2 Å². The van der Waals surface area contributed by atoms with Crippen molar-refractivity contribution in [1.29, 1.82) is 0 Å². The summed E-state index contributed by atoms with van der Waals surface area (Å²) in [6.07, 6.45) is 1.11. The highest BCUT2D eigenvalue weighted by Crippen LogP contribution is 2.53. The number of halogens is 4. The summed E-state index contributed by atoms with van der Waals surface area (Å²) in [5, 5.41) is 11.8. The molecule has 3 fully saturated rings. The van der Waals surface area contributed by atoms with Crippen LogP contribution in [0.15, 0.2) is 36.4 Å². The van der Waals surface area contributed by atoms with Gasteiger partial charge < -0.3 is 24.6 Å². The molecule has 39 heavy (non-hydrogen) atoms. The third-order valence-electron chi connectivity index (χ3n) is 7.34. The molecule has 3 saturated carbocycles. The molecule has 0 aromatic heterocycles. The fraction of sp³-hybridized carbons (Fsp3) is 0.444. The first-order chi connectivity index (χ1) is 18.5. The quantitative estimate of drug-likeness (QED) is 0.343. The topological polar surface area (TPSA) is 111 Å². The van der Waals surface area contributed by atoms with Crippen molar-refractivity contribution >= 4 is 41.0 Å². The summed E-state index contributed by atoms with van der Waals surface area (Å²) in [6, 6.07) is 7.99. The van der Waals surface area contributed by atoms with Crippen LogP contribution in [0.1, 0.15) is 44.9 Å². The highest BCUT2D eigenvalue weighted by Gasteiger charge is 2.57. The number of carboxylic acids is 1. The number of benzene rings is 2. The first-order valence-corrected chi connectivity index (χ1v) is 13.1. The third kappa shape index (κ3) is 7.10. The van der Waals surface area contributed by atoms with Crippen molar-refractivity contribution in [2.45, 2.75) is 56.6 Å². The number of esters is 1. The van der Waals surface area contributed by atoms with E-state index in [2.05, 4.69) is 5.32 Å². The smallest absolute Gasteiger partial charge is 0.306 e. The van der Waals surface area contributed by atoms with Crippen LogP contribution in [0.4, 0.5) is 8.78 Å². The summed E-state index contributed by atoms with van der Waals surface area (Å²) in [4.78, 5) is 36.3. The summed E-state index contributed by atoms with van der Waals surface area (Å²) >= 11 is 11.4. The average molecular weight is 586 g/mol. The van der Waals surface area contributed by atoms with E-state index in [1.165, 1.54) is 24.3 Å². The minimum Gasteiger partial charge on any atom is -0.493 e. The van der Waals surface area contributed by atoms with E-state index in [-0.39, 0.29) is 35.2 Å². The van der Waals surface area contributed by atoms with E-state index in [0.29, 0.717) is 37.9 Å². The molecule has 0 aliphatic heterocycles. The molecule has 2 N–H and O–H groups in total. The van der Waals surface area contributed by atoms with E-state index in [9.17, 15) is 23.2 Å². The maximum absolute atomic E-state index is 13.9. The Kier molecular flexibility index (Phi) is 8.86. The van der Waals surface area contributed by atoms with E-state index < -0.39 is 53.1 Å². The number of hydrogen-bond donors (Lipinski definition) is 2. The largest absolute Gasteiger partial charge is 0.493 e. The molecular weight excluding hydrogens is 559 g/mol. The van der Waals surface area contributed by atoms with Gasteiger partial charge in [-0.25, -0.2) is 8.78 Å². The molecule has 0 spiro atoms. The Morgan fingerprint density at radius 3 is 2.08 bits per heavy atom. The third-order valence-corrected chi connectivity index (χ3v) is 7.95. The molecule has 0 heterocycles. The Hall–Kier alpha value is -3.11. The number of amides is 1. The molecule has 12 heteroatoms. The van der Waals surface area contributed by atoms with Crippen molar-refractivity contribution in [3.8, 4) is 11.5 Å². The SMILES string of the molecule is O=C(O)CCC(=O)OC1CC2(COc3ccc(Cl)c(F)c3)CCC1(NC(=O)COc1ccc(Cl)c(F)c1)CC2. The lowest BCUT2D eigenvalue weighted by atomic mass is 9.56. The van der Waals surface area contributed by atoms with Gasteiger partial charge in [0.1, 0.15) is 29.2 Å². The Labute approximate surface area is 233 Å². The number of nitrogens with one attached hydrogen (secondary N) is 1. The summed E-state index contributed by atoms with van der Waals surface area (Å²) in [7, 11) is 0. The number of carboxylic acid groups (broad SMARTS) is 1. The number of rotatable bonds is 11. The summed E-state index contributed by atoms with van der Waals surface area (Å²) in [6.45, 7) is -0.175. The van der Waals surface area contributed by atoms with E-state index in [0.717, 1.165) is 6.07 Å². The van der Waals surface area contributed by atoms with Crippen LogP contribution in [-0.2, 0) is 19.1 Å². The fourth-order valence-corrected chi connectivity index (χ4v) is 5.40. The minimum absolute atomic E-state index is 0.0186. The first kappa shape index (κ1) is 28.9. The number of fused-ring (bicyclic) bond motifs is 3. The van der Waals surface area contributed by atoms with Gasteiger partial charge in [-0.2, -0.15) is 0 Å². The second-order valence-corrected chi connectivity index (χ2v) is 10.8. The maximum Gasteiger partial charge on any atom is 0.306 e. The predicted octanol–water partition coefficient (Wildman–Crippen LogP) is 5.33. The number of carbonyl (C=O) groups is 3. The van der Waals surface area contributed by atoms with Crippen LogP contribution in [0.5, 0.6) is 11.5 Å². The number of aliphatic carboxylic acids is 1. The zero-order valence-electron chi connectivity index (χ0n) is 20.8. The molecule has 1 amide bonds. The average Bonchev–Trinajstić information content (AvgIpc) is 2.90. The normalized spacial score (nSPS) is 23.6. The van der Waals surface area contributed by atoms with Gasteiger partial charge >= 0.3 is 11.9 Å². The highest BCUT2D eigenvalue weighted by atomic mass is 35.5. The molecule has 2 aromatic carbocycles. The standard InChI is InChI=1S/C27H27Cl2F2NO7/c28-18-3-1-16(11-20(18)30)37-14-23(33)32-27-9-7-26(8-10-27,13-22(27)39-25(36)6-5-24(34)35)15-38-17-2-4-19(29)21(31)12-17/h1-4,11-12,22H,5-10,13-15H2,(H,32,33)(H,34,35). The minimum atomic E-state index is -1.13. The van der Waals surface area contributed by atoms with Gasteiger partial charge in [0.2, 0.25) is 0 Å². The number of ether oxygens (including phenoxy) is 3. The van der Waals surface area contributed by atoms with Crippen LogP contribution in [0, 0.1) is 17.0 Å². The first-order valence-electron chi connectivity index (χ1n) is 12.4. The van der Waals surface area contributed by atoms with Crippen LogP contribution in [0.2, 0.25) is 10.0 Å². The molecule has 8 nitrogen and oxygen atoms in total. The molecule has 3 aliphatic carbocycles. The van der Waals surface area contributed by atoms with Crippen LogP contribution in [0.25, 0.3) is 0 Å². The Balaban J connectivity index is 1.44. The van der Waals surface area contributed by atoms with E-state index in [1.807, 2.05) is 0 Å². The highest BCUT2D eigenvalue weighted by molar-refractivity contribution is 6.31. The zero-order valence-corrected chi connectivity index (χ0v) is 22.3. The van der Waals surface area contributed by atoms with E-state index in [4.69, 9.17) is 42.5 Å². The van der Waals surface area contributed by atoms with Crippen molar-refractivity contribution in [2.75, 3.05) is 13.2 Å². The molecule has 0 radical (unpaired) electrons. The maximum atomic E-state index is 13.9. The van der Waals surface area contributed by atoms with Crippen LogP contribution >= 0.6 is 23.2 Å². The predicted molar refractivity (Wildman–Crippen MR) is 137 cm³/mol. The second-order valence-electron chi connectivity index (χ2n) is 10.0. The molecule has 3 aliphatic rings. The van der Waals surface area contributed by atoms with Crippen molar-refractivity contribution in [1.82, 2.24) is 5.32 Å². The van der Waals surface area contributed by atoms with Crippen molar-refractivity contribution in [3.63, 3.8) is 0 Å². The lowest BCUT2D eigenvalue weighted by Gasteiger charge is -2.56. The molecule has 210 valence electrons. The Morgan fingerprint density at radius 1 is 0.923 bits per heavy atom. The molecule has 2 aromatic rings. The van der Waals surface area contributed by atoms with Crippen molar-refractivity contribution in [3.05, 3.63) is 58.1 Å². The van der Waals surface area contributed by atoms with Gasteiger partial charge in [-0.3, -0.25) is 14.4 Å². The summed E-state index contributed by atoms with van der Waals surface area (Å²) in [5.74, 6) is -3.14. The lowest BCUT2D eigenvalue weighted by Crippen LogP contribution is -2.66. The molecule has 2 bridgehead atoms. The van der Waals surface area contributed by atoms with E-state index >= 15 is 0 Å². The Bertz CT molecular complexity index is 1250. The number of carbonyl (C=O) groups excluding carboxylic acids is 2. The Morgan fingerprint density at radius 2 is 1.51 bits per heavy atom. The van der Waals surface area contributed by atoms with Crippen LogP contribution in [0.3, 0.4) is 0 Å². The number of hydrogen-bond acceptors (Lipinski definition) is 6. The molecule has 1 unspecified atom stereocenters. The van der Waals surface area contributed by atoms with E-state index in [1.54, 1.807) is 6.07 Å². The monoisotopic (exact) mass is 585 g/mol. The van der Waals surface area contributed by atoms with Crippen molar-refractivity contribution in [2.24, 2.45) is 5.41 Å². The van der Waals surface area contributed by atoms with Gasteiger partial charge in [0.25, 0.3) is 5.91 Å². The lowest BCUT2D eigenvalue weighted by molar-refractivity contribution is -0.173. The molecule has 0 saturated heterocycles. The van der Waals surface area contributed by atoms with Gasteiger partial charge in [0.05, 0.1) is 35.0 Å². The molecular formula is C27H27Cl2F2NO7. The van der Waals surface area contributed by atoms with Crippen LogP contribution in [-0.4, -0.2) is 47.8 Å².